The fourth-order valence-electron chi connectivity index (χ4n) is 8.95. The molecule has 0 bridgehead atoms. The van der Waals surface area contributed by atoms with Crippen molar-refractivity contribution in [3.05, 3.63) is 248 Å². The van der Waals surface area contributed by atoms with Crippen LogP contribution in [-0.2, 0) is 39.0 Å². The van der Waals surface area contributed by atoms with Gasteiger partial charge < -0.3 is 0 Å². The van der Waals surface area contributed by atoms with E-state index in [9.17, 15) is 0 Å². The SMILES string of the molecule is CC(C)=C1c2[c-]c(Cl)ccc2-c2ccccc21.CC(C)=C1c2[c-]c(Cl)ccc2-c2ccccc21.[Zr+4].[c-]1cccc2c1Cc1ccccc1-2.[c-]1cccc2c1Cc1ccccc1-2. The molecule has 0 unspecified atom stereocenters. The molecule has 0 amide bonds. The first-order valence-electron chi connectivity index (χ1n) is 20.4. The Balaban J connectivity index is 0.000000112. The third-order valence-corrected chi connectivity index (χ3v) is 12.0. The Morgan fingerprint density at radius 2 is 0.721 bits per heavy atom. The molecule has 0 fully saturated rings. The Bertz CT molecular complexity index is 2700. The normalized spacial score (nSPS) is 12.1. The molecule has 61 heavy (non-hydrogen) atoms. The number of rotatable bonds is 0. The second-order valence-corrected chi connectivity index (χ2v) is 16.6. The van der Waals surface area contributed by atoms with E-state index < -0.39 is 0 Å². The van der Waals surface area contributed by atoms with Gasteiger partial charge in [0, 0.05) is 0 Å². The van der Waals surface area contributed by atoms with E-state index in [-0.39, 0.29) is 26.2 Å². The quantitative estimate of drug-likeness (QED) is 0.133. The molecular weight excluding hydrogens is 859 g/mol. The summed E-state index contributed by atoms with van der Waals surface area (Å²) in [5.74, 6) is 0. The average molecular weight is 901 g/mol. The summed E-state index contributed by atoms with van der Waals surface area (Å²) >= 11 is 12.1. The molecule has 0 saturated carbocycles. The second-order valence-electron chi connectivity index (χ2n) is 15.8. The van der Waals surface area contributed by atoms with E-state index in [0.717, 1.165) is 24.0 Å². The molecular formula is C58H42Cl2Zr. The van der Waals surface area contributed by atoms with Crippen LogP contribution in [-0.4, -0.2) is 0 Å². The van der Waals surface area contributed by atoms with Crippen molar-refractivity contribution in [1.29, 1.82) is 0 Å². The predicted molar refractivity (Wildman–Crippen MR) is 253 cm³/mol. The van der Waals surface area contributed by atoms with E-state index in [1.54, 1.807) is 0 Å². The van der Waals surface area contributed by atoms with Crippen molar-refractivity contribution >= 4 is 34.3 Å². The van der Waals surface area contributed by atoms with Crippen LogP contribution in [0.25, 0.3) is 55.7 Å². The minimum atomic E-state index is 0. The third-order valence-electron chi connectivity index (χ3n) is 11.5. The van der Waals surface area contributed by atoms with Crippen LogP contribution in [0.4, 0.5) is 0 Å². The summed E-state index contributed by atoms with van der Waals surface area (Å²) in [5.41, 5.74) is 26.1. The summed E-state index contributed by atoms with van der Waals surface area (Å²) in [6.45, 7) is 8.54. The van der Waals surface area contributed by atoms with Gasteiger partial charge >= 0.3 is 26.2 Å². The molecule has 4 aliphatic carbocycles. The molecule has 12 rings (SSSR count). The van der Waals surface area contributed by atoms with Crippen molar-refractivity contribution in [2.24, 2.45) is 0 Å². The number of fused-ring (bicyclic) bond motifs is 12. The smallest absolute Gasteiger partial charge is 0.179 e. The van der Waals surface area contributed by atoms with Crippen LogP contribution in [0.15, 0.2) is 169 Å². The van der Waals surface area contributed by atoms with Gasteiger partial charge in [-0.1, -0.05) is 180 Å². The topological polar surface area (TPSA) is 0 Å². The van der Waals surface area contributed by atoms with Crippen molar-refractivity contribution in [2.75, 3.05) is 0 Å². The Morgan fingerprint density at radius 1 is 0.377 bits per heavy atom. The first-order valence-corrected chi connectivity index (χ1v) is 21.2. The van der Waals surface area contributed by atoms with Crippen molar-refractivity contribution in [3.63, 3.8) is 0 Å². The monoisotopic (exact) mass is 898 g/mol. The van der Waals surface area contributed by atoms with Gasteiger partial charge in [-0.15, -0.1) is 104 Å². The zero-order chi connectivity index (χ0) is 41.3. The summed E-state index contributed by atoms with van der Waals surface area (Å²) in [4.78, 5) is 0. The maximum absolute atomic E-state index is 6.06. The van der Waals surface area contributed by atoms with Crippen LogP contribution < -0.4 is 0 Å². The van der Waals surface area contributed by atoms with E-state index in [2.05, 4.69) is 185 Å². The zero-order valence-corrected chi connectivity index (χ0v) is 38.7. The Kier molecular flexibility index (Phi) is 12.8. The molecule has 0 spiro atoms. The second kappa shape index (κ2) is 18.4. The Labute approximate surface area is 390 Å². The maximum atomic E-state index is 6.06. The van der Waals surface area contributed by atoms with Crippen molar-refractivity contribution in [3.8, 4) is 44.5 Å². The first-order chi connectivity index (χ1) is 29.3. The molecule has 8 aromatic carbocycles. The molecule has 0 atom stereocenters. The van der Waals surface area contributed by atoms with Crippen LogP contribution in [0.1, 0.15) is 72.2 Å². The van der Waals surface area contributed by atoms with Gasteiger partial charge in [0.25, 0.3) is 0 Å². The number of halogens is 2. The van der Waals surface area contributed by atoms with Gasteiger partial charge in [0.15, 0.2) is 0 Å². The number of allylic oxidation sites excluding steroid dienone is 2. The maximum Gasteiger partial charge on any atom is 4.00 e. The summed E-state index contributed by atoms with van der Waals surface area (Å²) < 4.78 is 0. The molecule has 0 radical (unpaired) electrons. The van der Waals surface area contributed by atoms with E-state index in [1.807, 2.05) is 24.3 Å². The molecule has 8 aromatic rings. The van der Waals surface area contributed by atoms with Gasteiger partial charge in [0.2, 0.25) is 0 Å². The summed E-state index contributed by atoms with van der Waals surface area (Å²) in [7, 11) is 0. The molecule has 4 aliphatic rings. The average Bonchev–Trinajstić information content (AvgIpc) is 4.01. The summed E-state index contributed by atoms with van der Waals surface area (Å²) in [6.07, 6.45) is 2.10. The van der Waals surface area contributed by atoms with Gasteiger partial charge in [-0.2, -0.15) is 59.7 Å². The number of hydrogen-bond acceptors (Lipinski definition) is 0. The van der Waals surface area contributed by atoms with Crippen LogP contribution in [0.3, 0.4) is 0 Å². The van der Waals surface area contributed by atoms with E-state index in [4.69, 9.17) is 23.2 Å². The fourth-order valence-corrected chi connectivity index (χ4v) is 9.27. The standard InChI is InChI=1S/2C16H12Cl.2C13H9.Zr/c2*1-10(2)16-14-6-4-3-5-12(14)13-8-7-11(17)9-15(13)16;2*1-3-7-12-10(5-1)9-11-6-2-4-8-13(11)12;/h2*3-8H,1-2H3;2*1-5,7-8H,9H2;/q4*-1;+4. The Morgan fingerprint density at radius 3 is 1.11 bits per heavy atom. The van der Waals surface area contributed by atoms with Crippen molar-refractivity contribution < 1.29 is 26.2 Å². The van der Waals surface area contributed by atoms with Gasteiger partial charge in [0.05, 0.1) is 0 Å². The third kappa shape index (κ3) is 8.37. The van der Waals surface area contributed by atoms with Crippen LogP contribution in [0, 0.1) is 24.3 Å². The summed E-state index contributed by atoms with van der Waals surface area (Å²) in [5, 5.41) is 1.35. The fraction of sp³-hybridized carbons (Fsp3) is 0.103. The molecule has 0 saturated heterocycles. The molecule has 0 N–H and O–H groups in total. The molecule has 3 heteroatoms. The van der Waals surface area contributed by atoms with Gasteiger partial charge in [-0.25, -0.2) is 0 Å². The van der Waals surface area contributed by atoms with E-state index in [0.29, 0.717) is 10.0 Å². The molecule has 0 aliphatic heterocycles. The van der Waals surface area contributed by atoms with E-state index >= 15 is 0 Å². The van der Waals surface area contributed by atoms with Gasteiger partial charge in [-0.05, 0) is 22.9 Å². The van der Waals surface area contributed by atoms with Crippen molar-refractivity contribution in [2.45, 2.75) is 40.5 Å². The number of hydrogen-bond donors (Lipinski definition) is 0. The Hall–Kier alpha value is -5.30. The minimum Gasteiger partial charge on any atom is -0.179 e. The van der Waals surface area contributed by atoms with E-state index in [1.165, 1.54) is 100 Å². The van der Waals surface area contributed by atoms with Gasteiger partial charge in [0.1, 0.15) is 0 Å². The van der Waals surface area contributed by atoms with Crippen LogP contribution >= 0.6 is 23.2 Å². The predicted octanol–water partition coefficient (Wildman–Crippen LogP) is 16.0. The van der Waals surface area contributed by atoms with Crippen LogP contribution in [0.2, 0.25) is 10.0 Å². The largest absolute Gasteiger partial charge is 4.00 e. The molecule has 0 nitrogen and oxygen atoms in total. The zero-order valence-electron chi connectivity index (χ0n) is 34.7. The molecule has 0 heterocycles. The van der Waals surface area contributed by atoms with Gasteiger partial charge in [-0.3, -0.25) is 0 Å². The number of benzene rings is 8. The molecule has 0 aromatic heterocycles. The molecule has 292 valence electrons. The first kappa shape index (κ1) is 42.4. The van der Waals surface area contributed by atoms with Crippen LogP contribution in [0.5, 0.6) is 0 Å². The summed E-state index contributed by atoms with van der Waals surface area (Å²) in [6, 6.07) is 67.7. The van der Waals surface area contributed by atoms with Crippen molar-refractivity contribution in [1.82, 2.24) is 0 Å². The minimum absolute atomic E-state index is 0.